The summed E-state index contributed by atoms with van der Waals surface area (Å²) in [6, 6.07) is 5.22. The summed E-state index contributed by atoms with van der Waals surface area (Å²) >= 11 is 0. The summed E-state index contributed by atoms with van der Waals surface area (Å²) in [5.74, 6) is 0.666. The van der Waals surface area contributed by atoms with Gasteiger partial charge in [0.05, 0.1) is 24.6 Å². The van der Waals surface area contributed by atoms with Crippen molar-refractivity contribution in [2.45, 2.75) is 0 Å². The van der Waals surface area contributed by atoms with Crippen molar-refractivity contribution in [1.29, 1.82) is 5.26 Å². The van der Waals surface area contributed by atoms with E-state index in [1.165, 1.54) is 6.08 Å². The van der Waals surface area contributed by atoms with E-state index in [4.69, 9.17) is 15.7 Å². The van der Waals surface area contributed by atoms with E-state index < -0.39 is 0 Å². The first-order chi connectivity index (χ1) is 6.27. The van der Waals surface area contributed by atoms with Gasteiger partial charge in [-0.25, -0.2) is 0 Å². The minimum absolute atomic E-state index is 0.335. The number of nitrogens with two attached hydrogens (primary N) is 1. The van der Waals surface area contributed by atoms with E-state index in [0.717, 1.165) is 0 Å². The van der Waals surface area contributed by atoms with Crippen LogP contribution in [0.25, 0.3) is 5.70 Å². The predicted octanol–water partition coefficient (Wildman–Crippen LogP) is 0.913. The first-order valence-corrected chi connectivity index (χ1v) is 3.63. The molecule has 0 saturated carbocycles. The van der Waals surface area contributed by atoms with Crippen LogP contribution in [0.2, 0.25) is 0 Å². The Bertz CT molecular complexity index is 365. The third kappa shape index (κ3) is 2.20. The molecule has 0 unspecified atom stereocenters. The molecule has 0 aliphatic heterocycles. The standard InChI is InChI=1S/C9H9N3O/c1-13-7-3-5-12-9(6-7)8(11)2-4-10/h2-3,5-6H,11H2,1H3. The molecule has 1 aromatic rings. The molecular formula is C9H9N3O. The molecule has 4 nitrogen and oxygen atoms in total. The minimum atomic E-state index is 0.335. The van der Waals surface area contributed by atoms with Crippen LogP contribution in [0.1, 0.15) is 5.69 Å². The molecule has 0 aliphatic rings. The molecule has 0 aromatic carbocycles. The Morgan fingerprint density at radius 2 is 2.54 bits per heavy atom. The van der Waals surface area contributed by atoms with E-state index >= 15 is 0 Å². The number of hydrogen-bond acceptors (Lipinski definition) is 4. The highest BCUT2D eigenvalue weighted by molar-refractivity contribution is 5.62. The second kappa shape index (κ2) is 4.12. The van der Waals surface area contributed by atoms with Crippen LogP contribution in [0.15, 0.2) is 24.4 Å². The van der Waals surface area contributed by atoms with Crippen molar-refractivity contribution >= 4 is 5.70 Å². The lowest BCUT2D eigenvalue weighted by Crippen LogP contribution is -1.98. The zero-order valence-corrected chi connectivity index (χ0v) is 7.19. The van der Waals surface area contributed by atoms with Gasteiger partial charge in [0.15, 0.2) is 0 Å². The van der Waals surface area contributed by atoms with Crippen molar-refractivity contribution < 1.29 is 4.74 Å². The Balaban J connectivity index is 3.03. The van der Waals surface area contributed by atoms with Crippen LogP contribution in [0.3, 0.4) is 0 Å². The van der Waals surface area contributed by atoms with E-state index in [1.54, 1.807) is 25.4 Å². The molecule has 0 aliphatic carbocycles. The summed E-state index contributed by atoms with van der Waals surface area (Å²) < 4.78 is 4.98. The number of hydrogen-bond donors (Lipinski definition) is 1. The predicted molar refractivity (Wildman–Crippen MR) is 48.6 cm³/mol. The summed E-state index contributed by atoms with van der Waals surface area (Å²) in [6.45, 7) is 0. The quantitative estimate of drug-likeness (QED) is 0.678. The van der Waals surface area contributed by atoms with Crippen molar-refractivity contribution in [2.75, 3.05) is 7.11 Å². The molecule has 0 radical (unpaired) electrons. The maximum absolute atomic E-state index is 8.36. The Kier molecular flexibility index (Phi) is 2.87. The van der Waals surface area contributed by atoms with Gasteiger partial charge in [-0.05, 0) is 6.07 Å². The fourth-order valence-corrected chi connectivity index (χ4v) is 0.839. The zero-order valence-electron chi connectivity index (χ0n) is 7.19. The summed E-state index contributed by atoms with van der Waals surface area (Å²) in [5.41, 5.74) is 6.43. The smallest absolute Gasteiger partial charge is 0.122 e. The number of nitrogens with zero attached hydrogens (tertiary/aromatic N) is 2. The average molecular weight is 175 g/mol. The first kappa shape index (κ1) is 9.07. The van der Waals surface area contributed by atoms with Crippen LogP contribution in [0.5, 0.6) is 5.75 Å². The highest BCUT2D eigenvalue weighted by atomic mass is 16.5. The SMILES string of the molecule is COc1ccnc(C(N)=CC#N)c1. The molecule has 1 rings (SSSR count). The summed E-state index contributed by atoms with van der Waals surface area (Å²) in [5, 5.41) is 8.36. The molecule has 0 saturated heterocycles. The van der Waals surface area contributed by atoms with Gasteiger partial charge in [-0.15, -0.1) is 0 Å². The maximum Gasteiger partial charge on any atom is 0.122 e. The lowest BCUT2D eigenvalue weighted by molar-refractivity contribution is 0.414. The maximum atomic E-state index is 8.36. The van der Waals surface area contributed by atoms with Crippen LogP contribution in [-0.4, -0.2) is 12.1 Å². The molecule has 0 fully saturated rings. The Morgan fingerprint density at radius 1 is 1.77 bits per heavy atom. The molecular weight excluding hydrogens is 166 g/mol. The third-order valence-electron chi connectivity index (χ3n) is 1.48. The van der Waals surface area contributed by atoms with Gasteiger partial charge in [0.2, 0.25) is 0 Å². The zero-order chi connectivity index (χ0) is 9.68. The van der Waals surface area contributed by atoms with Crippen LogP contribution in [-0.2, 0) is 0 Å². The number of allylic oxidation sites excluding steroid dienone is 1. The van der Waals surface area contributed by atoms with E-state index in [9.17, 15) is 0 Å². The number of rotatable bonds is 2. The number of methoxy groups -OCH3 is 1. The van der Waals surface area contributed by atoms with Gasteiger partial charge >= 0.3 is 0 Å². The largest absolute Gasteiger partial charge is 0.497 e. The van der Waals surface area contributed by atoms with Gasteiger partial charge in [0.25, 0.3) is 0 Å². The van der Waals surface area contributed by atoms with E-state index in [-0.39, 0.29) is 0 Å². The molecule has 2 N–H and O–H groups in total. The van der Waals surface area contributed by atoms with Gasteiger partial charge in [-0.2, -0.15) is 5.26 Å². The monoisotopic (exact) mass is 175 g/mol. The number of nitriles is 1. The Hall–Kier alpha value is -2.02. The van der Waals surface area contributed by atoms with Crippen molar-refractivity contribution in [2.24, 2.45) is 5.73 Å². The lowest BCUT2D eigenvalue weighted by Gasteiger charge is -2.01. The molecule has 1 aromatic heterocycles. The molecule has 0 bridgehead atoms. The van der Waals surface area contributed by atoms with E-state index in [1.807, 2.05) is 6.07 Å². The first-order valence-electron chi connectivity index (χ1n) is 3.63. The number of pyridine rings is 1. The molecule has 0 amide bonds. The summed E-state index contributed by atoms with van der Waals surface area (Å²) in [6.07, 6.45) is 2.81. The van der Waals surface area contributed by atoms with Gasteiger partial charge in [-0.3, -0.25) is 4.98 Å². The topological polar surface area (TPSA) is 71.9 Å². The number of ether oxygens (including phenoxy) is 1. The highest BCUT2D eigenvalue weighted by Gasteiger charge is 1.99. The lowest BCUT2D eigenvalue weighted by atomic mass is 10.2. The summed E-state index contributed by atoms with van der Waals surface area (Å²) in [4.78, 5) is 3.98. The fourth-order valence-electron chi connectivity index (χ4n) is 0.839. The van der Waals surface area contributed by atoms with Crippen molar-refractivity contribution in [3.63, 3.8) is 0 Å². The van der Waals surface area contributed by atoms with Crippen LogP contribution in [0.4, 0.5) is 0 Å². The molecule has 1 heterocycles. The van der Waals surface area contributed by atoms with Gasteiger partial charge in [0.1, 0.15) is 5.75 Å². The molecule has 0 spiro atoms. The molecule has 0 atom stereocenters. The third-order valence-corrected chi connectivity index (χ3v) is 1.48. The number of aromatic nitrogens is 1. The second-order valence-corrected chi connectivity index (χ2v) is 2.31. The summed E-state index contributed by atoms with van der Waals surface area (Å²) in [7, 11) is 1.56. The fraction of sp³-hybridized carbons (Fsp3) is 0.111. The van der Waals surface area contributed by atoms with Crippen LogP contribution >= 0.6 is 0 Å². The van der Waals surface area contributed by atoms with Crippen LogP contribution < -0.4 is 10.5 Å². The van der Waals surface area contributed by atoms with Gasteiger partial charge < -0.3 is 10.5 Å². The van der Waals surface area contributed by atoms with Crippen molar-refractivity contribution in [3.8, 4) is 11.8 Å². The second-order valence-electron chi connectivity index (χ2n) is 2.31. The van der Waals surface area contributed by atoms with Crippen molar-refractivity contribution in [1.82, 2.24) is 4.98 Å². The normalized spacial score (nSPS) is 10.6. The van der Waals surface area contributed by atoms with E-state index in [2.05, 4.69) is 4.98 Å². The van der Waals surface area contributed by atoms with Crippen LogP contribution in [0, 0.1) is 11.3 Å². The highest BCUT2D eigenvalue weighted by Crippen LogP contribution is 2.13. The van der Waals surface area contributed by atoms with Gasteiger partial charge in [0, 0.05) is 18.3 Å². The van der Waals surface area contributed by atoms with E-state index in [0.29, 0.717) is 17.1 Å². The Morgan fingerprint density at radius 3 is 3.15 bits per heavy atom. The minimum Gasteiger partial charge on any atom is -0.497 e. The molecule has 4 heteroatoms. The molecule has 13 heavy (non-hydrogen) atoms. The average Bonchev–Trinajstić information content (AvgIpc) is 2.18. The van der Waals surface area contributed by atoms with Crippen molar-refractivity contribution in [3.05, 3.63) is 30.1 Å². The Labute approximate surface area is 76.3 Å². The van der Waals surface area contributed by atoms with Gasteiger partial charge in [-0.1, -0.05) is 0 Å². The molecule has 66 valence electrons.